The van der Waals surface area contributed by atoms with Crippen LogP contribution in [-0.2, 0) is 4.79 Å². The highest BCUT2D eigenvalue weighted by atomic mass is 32.2. The van der Waals surface area contributed by atoms with Crippen LogP contribution in [0, 0.1) is 0 Å². The second kappa shape index (κ2) is 8.37. The SMILES string of the molecule is O=C(CSc1nc(-c2ccccc2)cs1)N/N=C/c1ccncc1. The van der Waals surface area contributed by atoms with Crippen molar-refractivity contribution in [3.63, 3.8) is 0 Å². The minimum absolute atomic E-state index is 0.165. The van der Waals surface area contributed by atoms with Gasteiger partial charge in [0.2, 0.25) is 0 Å². The summed E-state index contributed by atoms with van der Waals surface area (Å²) in [6, 6.07) is 13.6. The maximum absolute atomic E-state index is 11.8. The molecule has 1 amide bonds. The quantitative estimate of drug-likeness (QED) is 0.418. The van der Waals surface area contributed by atoms with E-state index in [2.05, 4.69) is 20.5 Å². The third-order valence-corrected chi connectivity index (χ3v) is 5.01. The van der Waals surface area contributed by atoms with Gasteiger partial charge in [0, 0.05) is 23.3 Å². The fourth-order valence-corrected chi connectivity index (χ4v) is 3.48. The molecule has 1 N–H and O–H groups in total. The number of carbonyl (C=O) groups is 1. The van der Waals surface area contributed by atoms with Gasteiger partial charge in [-0.3, -0.25) is 9.78 Å². The number of amides is 1. The molecule has 24 heavy (non-hydrogen) atoms. The van der Waals surface area contributed by atoms with E-state index in [1.165, 1.54) is 23.1 Å². The van der Waals surface area contributed by atoms with Crippen LogP contribution in [0.2, 0.25) is 0 Å². The lowest BCUT2D eigenvalue weighted by atomic mass is 10.2. The van der Waals surface area contributed by atoms with E-state index in [0.29, 0.717) is 0 Å². The van der Waals surface area contributed by atoms with Gasteiger partial charge in [-0.25, -0.2) is 10.4 Å². The normalized spacial score (nSPS) is 10.8. The topological polar surface area (TPSA) is 67.2 Å². The minimum atomic E-state index is -0.165. The molecule has 0 spiro atoms. The van der Waals surface area contributed by atoms with Gasteiger partial charge in [-0.05, 0) is 17.7 Å². The van der Waals surface area contributed by atoms with Crippen molar-refractivity contribution in [2.75, 3.05) is 5.75 Å². The average Bonchev–Trinajstić information content (AvgIpc) is 3.11. The van der Waals surface area contributed by atoms with E-state index in [-0.39, 0.29) is 11.7 Å². The van der Waals surface area contributed by atoms with E-state index < -0.39 is 0 Å². The Labute approximate surface area is 147 Å². The van der Waals surface area contributed by atoms with Gasteiger partial charge < -0.3 is 0 Å². The van der Waals surface area contributed by atoms with Gasteiger partial charge in [0.25, 0.3) is 5.91 Å². The third-order valence-electron chi connectivity index (χ3n) is 2.99. The summed E-state index contributed by atoms with van der Waals surface area (Å²) in [5, 5.41) is 5.92. The van der Waals surface area contributed by atoms with E-state index in [1.54, 1.807) is 18.6 Å². The van der Waals surface area contributed by atoms with Gasteiger partial charge in [-0.1, -0.05) is 42.1 Å². The summed E-state index contributed by atoms with van der Waals surface area (Å²) in [4.78, 5) is 20.3. The highest BCUT2D eigenvalue weighted by Gasteiger charge is 2.07. The van der Waals surface area contributed by atoms with Crippen LogP contribution in [0.5, 0.6) is 0 Å². The first-order valence-corrected chi connectivity index (χ1v) is 9.03. The van der Waals surface area contributed by atoms with Crippen molar-refractivity contribution in [3.05, 3.63) is 65.8 Å². The summed E-state index contributed by atoms with van der Waals surface area (Å²) < 4.78 is 0.863. The molecule has 1 aromatic carbocycles. The van der Waals surface area contributed by atoms with Crippen molar-refractivity contribution in [3.8, 4) is 11.3 Å². The van der Waals surface area contributed by atoms with Crippen LogP contribution in [0.1, 0.15) is 5.56 Å². The van der Waals surface area contributed by atoms with Crippen LogP contribution >= 0.6 is 23.1 Å². The van der Waals surface area contributed by atoms with Gasteiger partial charge in [0.05, 0.1) is 17.7 Å². The predicted octanol–water partition coefficient (Wildman–Crippen LogP) is 3.45. The number of hydrazone groups is 1. The number of hydrogen-bond acceptors (Lipinski definition) is 6. The lowest BCUT2D eigenvalue weighted by Crippen LogP contribution is -2.19. The number of rotatable bonds is 6. The molecule has 2 aromatic heterocycles. The zero-order valence-corrected chi connectivity index (χ0v) is 14.3. The minimum Gasteiger partial charge on any atom is -0.272 e. The number of thioether (sulfide) groups is 1. The molecule has 0 unspecified atom stereocenters. The standard InChI is InChI=1S/C17H14N4OS2/c22-16(21-19-10-13-6-8-18-9-7-13)12-24-17-20-15(11-23-17)14-4-2-1-3-5-14/h1-11H,12H2,(H,21,22)/b19-10+. The monoisotopic (exact) mass is 354 g/mol. The van der Waals surface area contributed by atoms with E-state index >= 15 is 0 Å². The molecule has 0 aliphatic heterocycles. The van der Waals surface area contributed by atoms with Crippen molar-refractivity contribution >= 4 is 35.2 Å². The molecule has 0 fully saturated rings. The molecule has 0 bridgehead atoms. The molecule has 7 heteroatoms. The molecule has 120 valence electrons. The fraction of sp³-hybridized carbons (Fsp3) is 0.0588. The molecule has 0 radical (unpaired) electrons. The van der Waals surface area contributed by atoms with Crippen LogP contribution in [0.25, 0.3) is 11.3 Å². The average molecular weight is 354 g/mol. The Hall–Kier alpha value is -2.51. The Bertz CT molecular complexity index is 819. The number of aromatic nitrogens is 2. The molecule has 0 atom stereocenters. The molecule has 0 aliphatic rings. The van der Waals surface area contributed by atoms with Crippen molar-refractivity contribution in [1.29, 1.82) is 0 Å². The van der Waals surface area contributed by atoms with E-state index in [1.807, 2.05) is 47.8 Å². The summed E-state index contributed by atoms with van der Waals surface area (Å²) >= 11 is 2.94. The molecule has 0 saturated heterocycles. The fourth-order valence-electron chi connectivity index (χ4n) is 1.85. The summed E-state index contributed by atoms with van der Waals surface area (Å²) in [7, 11) is 0. The number of nitrogens with zero attached hydrogens (tertiary/aromatic N) is 3. The lowest BCUT2D eigenvalue weighted by molar-refractivity contribution is -0.118. The van der Waals surface area contributed by atoms with Gasteiger partial charge in [-0.2, -0.15) is 5.10 Å². The number of hydrogen-bond donors (Lipinski definition) is 1. The second-order valence-electron chi connectivity index (χ2n) is 4.73. The molecular formula is C17H14N4OS2. The van der Waals surface area contributed by atoms with Crippen LogP contribution in [0.4, 0.5) is 0 Å². The number of pyridine rings is 1. The highest BCUT2D eigenvalue weighted by molar-refractivity contribution is 8.01. The molecule has 0 aliphatic carbocycles. The van der Waals surface area contributed by atoms with Crippen LogP contribution in [0.3, 0.4) is 0 Å². The molecule has 0 saturated carbocycles. The third kappa shape index (κ3) is 4.74. The van der Waals surface area contributed by atoms with Crippen LogP contribution in [0.15, 0.2) is 69.7 Å². The largest absolute Gasteiger partial charge is 0.272 e. The Morgan fingerprint density at radius 2 is 2.00 bits per heavy atom. The number of thiazole rings is 1. The van der Waals surface area contributed by atoms with Gasteiger partial charge in [0.15, 0.2) is 4.34 Å². The van der Waals surface area contributed by atoms with E-state index in [4.69, 9.17) is 0 Å². The molecule has 2 heterocycles. The zero-order valence-electron chi connectivity index (χ0n) is 12.6. The Morgan fingerprint density at radius 1 is 1.21 bits per heavy atom. The lowest BCUT2D eigenvalue weighted by Gasteiger charge is -1.98. The van der Waals surface area contributed by atoms with Crippen LogP contribution < -0.4 is 5.43 Å². The smallest absolute Gasteiger partial charge is 0.250 e. The van der Waals surface area contributed by atoms with E-state index in [0.717, 1.165) is 21.2 Å². The predicted molar refractivity (Wildman–Crippen MR) is 98.2 cm³/mol. The molecule has 3 aromatic rings. The highest BCUT2D eigenvalue weighted by Crippen LogP contribution is 2.27. The number of nitrogens with one attached hydrogen (secondary N) is 1. The maximum Gasteiger partial charge on any atom is 0.250 e. The first-order chi connectivity index (χ1) is 11.8. The van der Waals surface area contributed by atoms with Gasteiger partial charge in [0.1, 0.15) is 0 Å². The van der Waals surface area contributed by atoms with E-state index in [9.17, 15) is 4.79 Å². The van der Waals surface area contributed by atoms with Crippen molar-refractivity contribution in [2.24, 2.45) is 5.10 Å². The maximum atomic E-state index is 11.8. The Morgan fingerprint density at radius 3 is 2.79 bits per heavy atom. The molecular weight excluding hydrogens is 340 g/mol. The van der Waals surface area contributed by atoms with Crippen LogP contribution in [-0.4, -0.2) is 27.8 Å². The van der Waals surface area contributed by atoms with Gasteiger partial charge in [-0.15, -0.1) is 11.3 Å². The molecule has 5 nitrogen and oxygen atoms in total. The summed E-state index contributed by atoms with van der Waals surface area (Å²) in [6.07, 6.45) is 4.93. The Kier molecular flexibility index (Phi) is 5.70. The number of benzene rings is 1. The van der Waals surface area contributed by atoms with Crippen molar-refractivity contribution in [2.45, 2.75) is 4.34 Å². The number of carbonyl (C=O) groups excluding carboxylic acids is 1. The second-order valence-corrected chi connectivity index (χ2v) is 6.81. The first kappa shape index (κ1) is 16.4. The summed E-state index contributed by atoms with van der Waals surface area (Å²) in [5.74, 6) is 0.108. The van der Waals surface area contributed by atoms with Crippen molar-refractivity contribution < 1.29 is 4.79 Å². The van der Waals surface area contributed by atoms with Crippen molar-refractivity contribution in [1.82, 2.24) is 15.4 Å². The summed E-state index contributed by atoms with van der Waals surface area (Å²) in [5.41, 5.74) is 5.39. The Balaban J connectivity index is 1.48. The van der Waals surface area contributed by atoms with Gasteiger partial charge >= 0.3 is 0 Å². The molecule has 3 rings (SSSR count). The summed E-state index contributed by atoms with van der Waals surface area (Å²) in [6.45, 7) is 0. The first-order valence-electron chi connectivity index (χ1n) is 7.17. The zero-order chi connectivity index (χ0) is 16.6.